The zero-order valence-corrected chi connectivity index (χ0v) is 12.2. The lowest BCUT2D eigenvalue weighted by Crippen LogP contribution is -2.23. The van der Waals surface area contributed by atoms with Crippen molar-refractivity contribution in [3.63, 3.8) is 0 Å². The van der Waals surface area contributed by atoms with Crippen molar-refractivity contribution in [2.24, 2.45) is 7.05 Å². The van der Waals surface area contributed by atoms with Crippen LogP contribution in [0, 0.1) is 0 Å². The van der Waals surface area contributed by atoms with Crippen LogP contribution in [0.5, 0.6) is 5.75 Å². The van der Waals surface area contributed by atoms with Crippen LogP contribution < -0.4 is 10.4 Å². The molecule has 21 heavy (non-hydrogen) atoms. The van der Waals surface area contributed by atoms with Crippen LogP contribution in [0.1, 0.15) is 5.56 Å². The van der Waals surface area contributed by atoms with Crippen LogP contribution >= 0.6 is 0 Å². The molecule has 3 rings (SSSR count). The summed E-state index contributed by atoms with van der Waals surface area (Å²) in [6.45, 7) is 0.673. The van der Waals surface area contributed by atoms with E-state index in [4.69, 9.17) is 4.74 Å². The maximum atomic E-state index is 12.3. The summed E-state index contributed by atoms with van der Waals surface area (Å²) < 4.78 is 8.68. The van der Waals surface area contributed by atoms with Crippen molar-refractivity contribution in [2.75, 3.05) is 7.11 Å². The summed E-state index contributed by atoms with van der Waals surface area (Å²) in [6.07, 6.45) is 0.817. The van der Waals surface area contributed by atoms with Gasteiger partial charge in [0.25, 0.3) is 0 Å². The number of aromatic nitrogens is 2. The molecule has 0 unspecified atom stereocenters. The van der Waals surface area contributed by atoms with Gasteiger partial charge in [-0.25, -0.2) is 4.79 Å². The molecule has 2 aromatic carbocycles. The van der Waals surface area contributed by atoms with E-state index in [0.29, 0.717) is 6.54 Å². The van der Waals surface area contributed by atoms with E-state index < -0.39 is 0 Å². The number of rotatable bonds is 4. The average molecular weight is 282 g/mol. The second-order valence-corrected chi connectivity index (χ2v) is 5.08. The molecule has 0 bridgehead atoms. The fraction of sp³-hybridized carbons (Fsp3) is 0.235. The maximum Gasteiger partial charge on any atom is 0.328 e. The molecule has 3 aromatic rings. The standard InChI is InChI=1S/C17H18N2O2/c1-18-15-5-3-4-6-16(15)19(17(18)20)12-11-13-7-9-14(21-2)10-8-13/h3-10H,11-12H2,1-2H3. The molecule has 108 valence electrons. The lowest BCUT2D eigenvalue weighted by molar-refractivity contribution is 0.414. The SMILES string of the molecule is COc1ccc(CCn2c(=O)n(C)c3ccccc32)cc1. The van der Waals surface area contributed by atoms with Crippen molar-refractivity contribution in [1.29, 1.82) is 0 Å². The number of imidazole rings is 1. The van der Waals surface area contributed by atoms with Crippen LogP contribution in [0.2, 0.25) is 0 Å². The number of nitrogens with zero attached hydrogens (tertiary/aromatic N) is 2. The summed E-state index contributed by atoms with van der Waals surface area (Å²) in [5.74, 6) is 0.848. The Morgan fingerprint density at radius 1 is 1.00 bits per heavy atom. The Bertz CT molecular complexity index is 813. The fourth-order valence-electron chi connectivity index (χ4n) is 2.61. The van der Waals surface area contributed by atoms with E-state index in [9.17, 15) is 4.79 Å². The smallest absolute Gasteiger partial charge is 0.328 e. The summed E-state index contributed by atoms with van der Waals surface area (Å²) in [6, 6.07) is 15.8. The highest BCUT2D eigenvalue weighted by Crippen LogP contribution is 2.14. The number of methoxy groups -OCH3 is 1. The number of aryl methyl sites for hydroxylation is 3. The summed E-state index contributed by atoms with van der Waals surface area (Å²) in [5.41, 5.74) is 3.18. The molecular formula is C17H18N2O2. The van der Waals surface area contributed by atoms with Crippen LogP contribution in [-0.4, -0.2) is 16.2 Å². The number of fused-ring (bicyclic) bond motifs is 1. The Kier molecular flexibility index (Phi) is 3.52. The van der Waals surface area contributed by atoms with E-state index in [-0.39, 0.29) is 5.69 Å². The van der Waals surface area contributed by atoms with Gasteiger partial charge in [-0.2, -0.15) is 0 Å². The van der Waals surface area contributed by atoms with E-state index in [1.54, 1.807) is 11.7 Å². The summed E-state index contributed by atoms with van der Waals surface area (Å²) >= 11 is 0. The zero-order valence-electron chi connectivity index (χ0n) is 12.2. The Labute approximate surface area is 123 Å². The number of para-hydroxylation sites is 2. The van der Waals surface area contributed by atoms with Gasteiger partial charge in [0, 0.05) is 13.6 Å². The molecule has 4 nitrogen and oxygen atoms in total. The summed E-state index contributed by atoms with van der Waals surface area (Å²) in [5, 5.41) is 0. The third-order valence-corrected chi connectivity index (χ3v) is 3.83. The molecule has 0 aliphatic heterocycles. The Hall–Kier alpha value is -2.49. The minimum absolute atomic E-state index is 0.0321. The first-order valence-electron chi connectivity index (χ1n) is 6.98. The quantitative estimate of drug-likeness (QED) is 0.737. The zero-order chi connectivity index (χ0) is 14.8. The molecule has 0 saturated heterocycles. The molecule has 0 N–H and O–H groups in total. The molecule has 0 spiro atoms. The summed E-state index contributed by atoms with van der Waals surface area (Å²) in [4.78, 5) is 12.3. The van der Waals surface area contributed by atoms with Gasteiger partial charge in [-0.1, -0.05) is 24.3 Å². The van der Waals surface area contributed by atoms with Crippen LogP contribution in [0.3, 0.4) is 0 Å². The van der Waals surface area contributed by atoms with Crippen molar-refractivity contribution in [2.45, 2.75) is 13.0 Å². The molecule has 0 aliphatic carbocycles. The second-order valence-electron chi connectivity index (χ2n) is 5.08. The monoisotopic (exact) mass is 282 g/mol. The number of hydrogen-bond acceptors (Lipinski definition) is 2. The van der Waals surface area contributed by atoms with E-state index in [1.165, 1.54) is 5.56 Å². The second kappa shape index (κ2) is 5.48. The minimum Gasteiger partial charge on any atom is -0.497 e. The van der Waals surface area contributed by atoms with Gasteiger partial charge >= 0.3 is 5.69 Å². The predicted molar refractivity (Wildman–Crippen MR) is 83.9 cm³/mol. The van der Waals surface area contributed by atoms with Crippen LogP contribution in [0.15, 0.2) is 53.3 Å². The van der Waals surface area contributed by atoms with E-state index in [1.807, 2.05) is 60.1 Å². The van der Waals surface area contributed by atoms with Crippen LogP contribution in [0.25, 0.3) is 11.0 Å². The van der Waals surface area contributed by atoms with Gasteiger partial charge in [-0.3, -0.25) is 9.13 Å². The Morgan fingerprint density at radius 3 is 2.33 bits per heavy atom. The van der Waals surface area contributed by atoms with Crippen molar-refractivity contribution in [3.05, 3.63) is 64.6 Å². The molecule has 0 fully saturated rings. The van der Waals surface area contributed by atoms with E-state index in [2.05, 4.69) is 0 Å². The Balaban J connectivity index is 1.88. The third-order valence-electron chi connectivity index (χ3n) is 3.83. The topological polar surface area (TPSA) is 36.2 Å². The van der Waals surface area contributed by atoms with Crippen molar-refractivity contribution >= 4 is 11.0 Å². The molecule has 1 heterocycles. The lowest BCUT2D eigenvalue weighted by Gasteiger charge is -2.05. The van der Waals surface area contributed by atoms with E-state index >= 15 is 0 Å². The van der Waals surface area contributed by atoms with Gasteiger partial charge in [0.05, 0.1) is 18.1 Å². The molecular weight excluding hydrogens is 264 g/mol. The van der Waals surface area contributed by atoms with Gasteiger partial charge in [0.15, 0.2) is 0 Å². The first-order valence-corrected chi connectivity index (χ1v) is 6.98. The minimum atomic E-state index is 0.0321. The number of ether oxygens (including phenoxy) is 1. The highest BCUT2D eigenvalue weighted by atomic mass is 16.5. The molecule has 1 aromatic heterocycles. The Morgan fingerprint density at radius 2 is 1.67 bits per heavy atom. The molecule has 0 saturated carbocycles. The molecule has 0 atom stereocenters. The molecule has 0 amide bonds. The predicted octanol–water partition coefficient (Wildman–Crippen LogP) is 2.59. The number of benzene rings is 2. The van der Waals surface area contributed by atoms with Crippen LogP contribution in [-0.2, 0) is 20.0 Å². The average Bonchev–Trinajstić information content (AvgIpc) is 2.78. The first-order chi connectivity index (χ1) is 10.2. The van der Waals surface area contributed by atoms with E-state index in [0.717, 1.165) is 23.2 Å². The molecule has 0 radical (unpaired) electrons. The van der Waals surface area contributed by atoms with Gasteiger partial charge in [0.2, 0.25) is 0 Å². The molecule has 0 aliphatic rings. The van der Waals surface area contributed by atoms with Crippen molar-refractivity contribution < 1.29 is 4.74 Å². The first kappa shape index (κ1) is 13.5. The lowest BCUT2D eigenvalue weighted by atomic mass is 10.1. The van der Waals surface area contributed by atoms with Crippen molar-refractivity contribution in [3.8, 4) is 5.75 Å². The normalized spacial score (nSPS) is 11.0. The fourth-order valence-corrected chi connectivity index (χ4v) is 2.61. The van der Waals surface area contributed by atoms with Gasteiger partial charge in [-0.15, -0.1) is 0 Å². The van der Waals surface area contributed by atoms with Gasteiger partial charge in [-0.05, 0) is 36.2 Å². The largest absolute Gasteiger partial charge is 0.497 e. The van der Waals surface area contributed by atoms with Gasteiger partial charge < -0.3 is 4.74 Å². The van der Waals surface area contributed by atoms with Crippen molar-refractivity contribution in [1.82, 2.24) is 9.13 Å². The number of hydrogen-bond donors (Lipinski definition) is 0. The highest BCUT2D eigenvalue weighted by molar-refractivity contribution is 5.75. The third kappa shape index (κ3) is 2.44. The van der Waals surface area contributed by atoms with Crippen LogP contribution in [0.4, 0.5) is 0 Å². The maximum absolute atomic E-state index is 12.3. The summed E-state index contributed by atoms with van der Waals surface area (Å²) in [7, 11) is 3.47. The molecule has 4 heteroatoms. The van der Waals surface area contributed by atoms with Gasteiger partial charge in [0.1, 0.15) is 5.75 Å². The highest BCUT2D eigenvalue weighted by Gasteiger charge is 2.09.